The number of fused-ring (bicyclic) bond motifs is 4. The molecule has 0 atom stereocenters. The van der Waals surface area contributed by atoms with Crippen LogP contribution in [0.3, 0.4) is 0 Å². The van der Waals surface area contributed by atoms with Crippen LogP contribution in [0, 0.1) is 11.3 Å². The summed E-state index contributed by atoms with van der Waals surface area (Å²) < 4.78 is 2.14. The molecule has 0 aliphatic carbocycles. The summed E-state index contributed by atoms with van der Waals surface area (Å²) >= 11 is 6.07. The second-order valence-electron chi connectivity index (χ2n) is 5.88. The lowest BCUT2D eigenvalue weighted by atomic mass is 10.0. The second-order valence-corrected chi connectivity index (χ2v) is 6.32. The summed E-state index contributed by atoms with van der Waals surface area (Å²) in [5.41, 5.74) is 4.00. The number of aryl methyl sites for hydroxylation is 1. The van der Waals surface area contributed by atoms with Crippen molar-refractivity contribution in [3.8, 4) is 6.07 Å². The average Bonchev–Trinajstić information content (AvgIpc) is 3.00. The van der Waals surface area contributed by atoms with Crippen LogP contribution in [0.1, 0.15) is 25.3 Å². The van der Waals surface area contributed by atoms with Gasteiger partial charge in [0.1, 0.15) is 6.07 Å². The molecule has 0 aliphatic heterocycles. The first-order valence-corrected chi connectivity index (χ1v) is 8.37. The monoisotopic (exact) mass is 334 g/mol. The zero-order valence-electron chi connectivity index (χ0n) is 13.3. The summed E-state index contributed by atoms with van der Waals surface area (Å²) in [5, 5.41) is 12.0. The van der Waals surface area contributed by atoms with Crippen molar-refractivity contribution in [1.29, 1.82) is 5.26 Å². The van der Waals surface area contributed by atoms with Crippen LogP contribution < -0.4 is 0 Å². The van der Waals surface area contributed by atoms with Gasteiger partial charge in [0.2, 0.25) is 0 Å². The number of pyridine rings is 1. The number of halogens is 1. The van der Waals surface area contributed by atoms with Gasteiger partial charge in [0.05, 0.1) is 34.0 Å². The highest BCUT2D eigenvalue weighted by Gasteiger charge is 2.15. The highest BCUT2D eigenvalue weighted by Crippen LogP contribution is 2.32. The van der Waals surface area contributed by atoms with Gasteiger partial charge in [-0.05, 0) is 36.8 Å². The van der Waals surface area contributed by atoms with Crippen molar-refractivity contribution in [2.24, 2.45) is 0 Å². The number of benzene rings is 2. The molecule has 4 rings (SSSR count). The van der Waals surface area contributed by atoms with Gasteiger partial charge in [0.25, 0.3) is 0 Å². The summed E-state index contributed by atoms with van der Waals surface area (Å²) in [6, 6.07) is 11.8. The molecule has 24 heavy (non-hydrogen) atoms. The van der Waals surface area contributed by atoms with Crippen molar-refractivity contribution in [2.45, 2.75) is 26.3 Å². The molecule has 118 valence electrons. The van der Waals surface area contributed by atoms with Crippen LogP contribution in [0.5, 0.6) is 0 Å². The van der Waals surface area contributed by atoms with E-state index in [1.807, 2.05) is 24.5 Å². The van der Waals surface area contributed by atoms with Crippen molar-refractivity contribution in [3.05, 3.63) is 47.2 Å². The Morgan fingerprint density at radius 1 is 1.21 bits per heavy atom. The van der Waals surface area contributed by atoms with Crippen LogP contribution in [0.25, 0.3) is 32.8 Å². The Morgan fingerprint density at radius 3 is 2.88 bits per heavy atom. The van der Waals surface area contributed by atoms with Gasteiger partial charge in [-0.1, -0.05) is 24.9 Å². The number of aromatic nitrogens is 3. The summed E-state index contributed by atoms with van der Waals surface area (Å²) in [4.78, 5) is 9.26. The fourth-order valence-corrected chi connectivity index (χ4v) is 3.32. The number of hydrogen-bond donors (Lipinski definition) is 0. The third-order valence-corrected chi connectivity index (χ3v) is 4.59. The van der Waals surface area contributed by atoms with Crippen LogP contribution >= 0.6 is 11.6 Å². The van der Waals surface area contributed by atoms with Crippen LogP contribution in [0.15, 0.2) is 36.7 Å². The molecule has 0 saturated heterocycles. The molecule has 0 unspecified atom stereocenters. The van der Waals surface area contributed by atoms with Crippen molar-refractivity contribution in [1.82, 2.24) is 14.5 Å². The molecule has 0 saturated carbocycles. The zero-order valence-corrected chi connectivity index (χ0v) is 14.0. The van der Waals surface area contributed by atoms with Crippen LogP contribution in [-0.2, 0) is 6.54 Å². The van der Waals surface area contributed by atoms with E-state index in [2.05, 4.69) is 27.5 Å². The predicted octanol–water partition coefficient (Wildman–Crippen LogP) is 5.06. The molecular weight excluding hydrogens is 320 g/mol. The summed E-state index contributed by atoms with van der Waals surface area (Å²) in [6.07, 6.45) is 4.08. The van der Waals surface area contributed by atoms with Gasteiger partial charge in [-0.3, -0.25) is 0 Å². The van der Waals surface area contributed by atoms with E-state index in [4.69, 9.17) is 11.6 Å². The molecule has 0 amide bonds. The third kappa shape index (κ3) is 2.21. The minimum Gasteiger partial charge on any atom is -0.331 e. The number of hydrogen-bond acceptors (Lipinski definition) is 3. The van der Waals surface area contributed by atoms with Crippen molar-refractivity contribution >= 4 is 44.4 Å². The quantitative estimate of drug-likeness (QED) is 0.492. The molecule has 2 aromatic carbocycles. The Balaban J connectivity index is 2.10. The fourth-order valence-electron chi connectivity index (χ4n) is 3.16. The molecule has 0 aliphatic rings. The molecule has 0 bridgehead atoms. The Bertz CT molecular complexity index is 1120. The van der Waals surface area contributed by atoms with Crippen molar-refractivity contribution in [3.63, 3.8) is 0 Å². The van der Waals surface area contributed by atoms with Crippen LogP contribution in [-0.4, -0.2) is 14.5 Å². The fraction of sp³-hybridized carbons (Fsp3) is 0.211. The second kappa shape index (κ2) is 5.77. The SMILES string of the molecule is CCCCn1cnc2c3c(C#N)c4ccc(Cl)cc4nc3ccc21. The van der Waals surface area contributed by atoms with E-state index in [1.165, 1.54) is 0 Å². The Labute approximate surface area is 144 Å². The first-order chi connectivity index (χ1) is 11.7. The first kappa shape index (κ1) is 14.9. The number of nitriles is 1. The van der Waals surface area contributed by atoms with Gasteiger partial charge in [-0.25, -0.2) is 9.97 Å². The maximum absolute atomic E-state index is 9.77. The molecule has 4 nitrogen and oxygen atoms in total. The van der Waals surface area contributed by atoms with E-state index < -0.39 is 0 Å². The molecular formula is C19H15ClN4. The van der Waals surface area contributed by atoms with Crippen molar-refractivity contribution < 1.29 is 0 Å². The smallest absolute Gasteiger partial charge is 0.101 e. The zero-order chi connectivity index (χ0) is 16.7. The third-order valence-electron chi connectivity index (χ3n) is 4.35. The number of rotatable bonds is 3. The van der Waals surface area contributed by atoms with Gasteiger partial charge in [-0.15, -0.1) is 0 Å². The molecule has 5 heteroatoms. The average molecular weight is 335 g/mol. The molecule has 2 aromatic heterocycles. The molecule has 0 N–H and O–H groups in total. The molecule has 0 spiro atoms. The minimum atomic E-state index is 0.609. The Morgan fingerprint density at radius 2 is 2.08 bits per heavy atom. The largest absolute Gasteiger partial charge is 0.331 e. The lowest BCUT2D eigenvalue weighted by Gasteiger charge is -2.07. The van der Waals surface area contributed by atoms with Crippen molar-refractivity contribution in [2.75, 3.05) is 0 Å². The van der Waals surface area contributed by atoms with E-state index in [9.17, 15) is 5.26 Å². The minimum absolute atomic E-state index is 0.609. The van der Waals surface area contributed by atoms with Crippen LogP contribution in [0.4, 0.5) is 0 Å². The van der Waals surface area contributed by atoms with E-state index in [0.717, 1.165) is 52.2 Å². The predicted molar refractivity (Wildman–Crippen MR) is 97.2 cm³/mol. The normalized spacial score (nSPS) is 11.4. The maximum Gasteiger partial charge on any atom is 0.101 e. The number of unbranched alkanes of at least 4 members (excludes halogenated alkanes) is 1. The summed E-state index contributed by atoms with van der Waals surface area (Å²) in [5.74, 6) is 0. The molecule has 2 heterocycles. The number of nitrogens with zero attached hydrogens (tertiary/aromatic N) is 4. The Hall–Kier alpha value is -2.64. The maximum atomic E-state index is 9.77. The summed E-state index contributed by atoms with van der Waals surface area (Å²) in [6.45, 7) is 3.10. The topological polar surface area (TPSA) is 54.5 Å². The molecule has 4 aromatic rings. The van der Waals surface area contributed by atoms with Crippen LogP contribution in [0.2, 0.25) is 5.02 Å². The standard InChI is InChI=1S/C19H15ClN4/c1-2-3-8-24-11-22-19-17(24)7-6-15-18(19)14(10-21)13-5-4-12(20)9-16(13)23-15/h4-7,9,11H,2-3,8H2,1H3. The first-order valence-electron chi connectivity index (χ1n) is 8.00. The Kier molecular flexibility index (Phi) is 3.59. The number of imidazole rings is 1. The molecule has 0 fully saturated rings. The van der Waals surface area contributed by atoms with Gasteiger partial charge in [-0.2, -0.15) is 5.26 Å². The highest BCUT2D eigenvalue weighted by atomic mass is 35.5. The lowest BCUT2D eigenvalue weighted by Crippen LogP contribution is -1.96. The van der Waals surface area contributed by atoms with Gasteiger partial charge < -0.3 is 4.57 Å². The van der Waals surface area contributed by atoms with E-state index in [0.29, 0.717) is 10.6 Å². The van der Waals surface area contributed by atoms with Gasteiger partial charge in [0, 0.05) is 22.3 Å². The summed E-state index contributed by atoms with van der Waals surface area (Å²) in [7, 11) is 0. The molecule has 0 radical (unpaired) electrons. The van der Waals surface area contributed by atoms with E-state index >= 15 is 0 Å². The van der Waals surface area contributed by atoms with Gasteiger partial charge in [0.15, 0.2) is 0 Å². The lowest BCUT2D eigenvalue weighted by molar-refractivity contribution is 0.646. The van der Waals surface area contributed by atoms with E-state index in [-0.39, 0.29) is 0 Å². The van der Waals surface area contributed by atoms with E-state index in [1.54, 1.807) is 12.1 Å². The van der Waals surface area contributed by atoms with Gasteiger partial charge >= 0.3 is 0 Å². The highest BCUT2D eigenvalue weighted by molar-refractivity contribution is 6.31.